The maximum absolute atomic E-state index is 13.0. The molecule has 1 amide bonds. The number of hydrogen-bond donors (Lipinski definition) is 1. The van der Waals surface area contributed by atoms with Gasteiger partial charge in [0.05, 0.1) is 4.92 Å². The van der Waals surface area contributed by atoms with Crippen molar-refractivity contribution in [2.45, 2.75) is 108 Å². The number of nitrogens with one attached hydrogen (secondary N) is 1. The molecule has 11 nitrogen and oxygen atoms in total. The van der Waals surface area contributed by atoms with Crippen LogP contribution in [0.15, 0.2) is 24.3 Å². The molecule has 3 aliphatic rings. The number of carbonyl (C=O) groups excluding carboxylic acids is 1. The smallest absolute Gasteiger partial charge is 0.412 e. The highest BCUT2D eigenvalue weighted by molar-refractivity contribution is 5.84. The molecule has 0 unspecified atom stereocenters. The van der Waals surface area contributed by atoms with Gasteiger partial charge in [-0.15, -0.1) is 0 Å². The number of rotatable bonds is 15. The third kappa shape index (κ3) is 8.13. The van der Waals surface area contributed by atoms with Crippen molar-refractivity contribution in [1.82, 2.24) is 4.90 Å². The number of ether oxygens (including phenoxy) is 5. The van der Waals surface area contributed by atoms with Crippen LogP contribution in [-0.4, -0.2) is 78.7 Å². The zero-order valence-corrected chi connectivity index (χ0v) is 24.1. The molecule has 11 heteroatoms. The lowest BCUT2D eigenvalue weighted by Crippen LogP contribution is -2.46. The number of nitrogens with zero attached hydrogens (tertiary/aromatic N) is 2. The molecule has 0 radical (unpaired) electrons. The fourth-order valence-electron chi connectivity index (χ4n) is 5.81. The number of unbranched alkanes of at least 4 members (excludes halogenated alkanes) is 4. The van der Waals surface area contributed by atoms with Crippen molar-refractivity contribution in [2.24, 2.45) is 0 Å². The first-order valence-corrected chi connectivity index (χ1v) is 14.8. The molecule has 3 fully saturated rings. The predicted octanol–water partition coefficient (Wildman–Crippen LogP) is 5.62. The quantitative estimate of drug-likeness (QED) is 0.165. The molecule has 1 N–H and O–H groups in total. The number of anilines is 1. The monoisotopic (exact) mass is 563 g/mol. The van der Waals surface area contributed by atoms with Crippen molar-refractivity contribution in [3.8, 4) is 0 Å². The van der Waals surface area contributed by atoms with E-state index in [1.54, 1.807) is 0 Å². The highest BCUT2D eigenvalue weighted by atomic mass is 16.9. The van der Waals surface area contributed by atoms with Crippen LogP contribution in [0.4, 0.5) is 16.2 Å². The topological polar surface area (TPSA) is 122 Å². The van der Waals surface area contributed by atoms with Crippen LogP contribution in [0.1, 0.15) is 78.6 Å². The van der Waals surface area contributed by atoms with Crippen molar-refractivity contribution < 1.29 is 33.4 Å². The largest absolute Gasteiger partial charge is 0.440 e. The van der Waals surface area contributed by atoms with Gasteiger partial charge in [0, 0.05) is 24.4 Å². The first-order valence-electron chi connectivity index (χ1n) is 14.8. The molecule has 224 valence electrons. The van der Waals surface area contributed by atoms with Crippen LogP contribution >= 0.6 is 0 Å². The fraction of sp³-hybridized carbons (Fsp3) is 0.759. The maximum atomic E-state index is 13.0. The number of nitro benzene ring substituents is 1. The molecule has 0 saturated carbocycles. The Hall–Kier alpha value is -2.31. The Balaban J connectivity index is 1.42. The van der Waals surface area contributed by atoms with Gasteiger partial charge in [-0.1, -0.05) is 32.6 Å². The Morgan fingerprint density at radius 3 is 2.52 bits per heavy atom. The highest BCUT2D eigenvalue weighted by Gasteiger charge is 2.66. The Morgan fingerprint density at radius 2 is 1.82 bits per heavy atom. The molecule has 0 aromatic heterocycles. The predicted molar refractivity (Wildman–Crippen MR) is 149 cm³/mol. The zero-order chi connectivity index (χ0) is 28.6. The molecule has 0 aliphatic carbocycles. The van der Waals surface area contributed by atoms with E-state index in [0.29, 0.717) is 18.7 Å². The summed E-state index contributed by atoms with van der Waals surface area (Å²) in [5.74, 6) is -2.12. The van der Waals surface area contributed by atoms with Gasteiger partial charge in [0.25, 0.3) is 5.69 Å². The molecule has 4 atom stereocenters. The van der Waals surface area contributed by atoms with Gasteiger partial charge >= 0.3 is 6.09 Å². The molecule has 4 rings (SSSR count). The molecule has 3 heterocycles. The summed E-state index contributed by atoms with van der Waals surface area (Å²) in [5, 5.41) is 13.6. The molecule has 1 aromatic carbocycles. The zero-order valence-electron chi connectivity index (χ0n) is 24.1. The first-order chi connectivity index (χ1) is 19.2. The van der Waals surface area contributed by atoms with E-state index in [2.05, 4.69) is 17.1 Å². The number of carbonyl (C=O) groups is 1. The second-order valence-electron chi connectivity index (χ2n) is 11.5. The van der Waals surface area contributed by atoms with Gasteiger partial charge in [0.1, 0.15) is 12.7 Å². The number of fused-ring (bicyclic) bond motifs is 1. The lowest BCUT2D eigenvalue weighted by Gasteiger charge is -2.29. The molecule has 0 spiro atoms. The summed E-state index contributed by atoms with van der Waals surface area (Å²) in [6, 6.07) is 5.59. The molecule has 40 heavy (non-hydrogen) atoms. The maximum Gasteiger partial charge on any atom is 0.412 e. The molecule has 1 aromatic rings. The van der Waals surface area contributed by atoms with Gasteiger partial charge in [-0.2, -0.15) is 0 Å². The Morgan fingerprint density at radius 1 is 1.10 bits per heavy atom. The Labute approximate surface area is 236 Å². The van der Waals surface area contributed by atoms with Crippen molar-refractivity contribution in [2.75, 3.05) is 38.2 Å². The summed E-state index contributed by atoms with van der Waals surface area (Å²) in [6.07, 6.45) is 7.20. The summed E-state index contributed by atoms with van der Waals surface area (Å²) < 4.78 is 31.2. The van der Waals surface area contributed by atoms with Crippen molar-refractivity contribution in [3.63, 3.8) is 0 Å². The summed E-state index contributed by atoms with van der Waals surface area (Å²) in [4.78, 5) is 25.9. The standard InChI is InChI=1S/C29H45N3O8/c1-4-5-6-7-10-20-36-21-29-26(39-28(2,3)40-29)25(24(38-29)12-11-19-31-17-8-9-18-31)37-27(33)30-22-13-15-23(16-14-22)32(34)35/h13-16,24-26H,4-12,17-21H2,1-3H3,(H,30,33)/t24-,25+,26-,29-/m0/s1. The van der Waals surface area contributed by atoms with Crippen molar-refractivity contribution in [3.05, 3.63) is 34.4 Å². The molecule has 3 saturated heterocycles. The Bertz CT molecular complexity index is 969. The summed E-state index contributed by atoms with van der Waals surface area (Å²) in [6.45, 7) is 9.79. The van der Waals surface area contributed by atoms with E-state index < -0.39 is 40.9 Å². The van der Waals surface area contributed by atoms with Crippen LogP contribution in [0.5, 0.6) is 0 Å². The van der Waals surface area contributed by atoms with E-state index in [0.717, 1.165) is 38.9 Å². The second kappa shape index (κ2) is 14.0. The van der Waals surface area contributed by atoms with Gasteiger partial charge < -0.3 is 28.6 Å². The summed E-state index contributed by atoms with van der Waals surface area (Å²) in [5.41, 5.74) is 0.330. The van der Waals surface area contributed by atoms with Crippen LogP contribution in [0.25, 0.3) is 0 Å². The van der Waals surface area contributed by atoms with Gasteiger partial charge in [0.15, 0.2) is 18.0 Å². The van der Waals surface area contributed by atoms with E-state index >= 15 is 0 Å². The summed E-state index contributed by atoms with van der Waals surface area (Å²) >= 11 is 0. The van der Waals surface area contributed by atoms with Crippen LogP contribution in [-0.2, 0) is 23.7 Å². The average Bonchev–Trinajstić information content (AvgIpc) is 3.58. The highest BCUT2D eigenvalue weighted by Crippen LogP contribution is 2.47. The number of benzene rings is 1. The van der Waals surface area contributed by atoms with Crippen LogP contribution in [0.3, 0.4) is 0 Å². The minimum atomic E-state index is -1.18. The van der Waals surface area contributed by atoms with E-state index in [-0.39, 0.29) is 12.3 Å². The van der Waals surface area contributed by atoms with Gasteiger partial charge in [-0.05, 0) is 77.7 Å². The van der Waals surface area contributed by atoms with Crippen LogP contribution in [0, 0.1) is 10.1 Å². The lowest BCUT2D eigenvalue weighted by atomic mass is 10.0. The van der Waals surface area contributed by atoms with Crippen molar-refractivity contribution in [1.29, 1.82) is 0 Å². The normalized spacial score (nSPS) is 27.5. The van der Waals surface area contributed by atoms with Crippen molar-refractivity contribution >= 4 is 17.5 Å². The van der Waals surface area contributed by atoms with Gasteiger partial charge in [-0.3, -0.25) is 15.4 Å². The minimum absolute atomic E-state index is 0.0601. The lowest BCUT2D eigenvalue weighted by molar-refractivity contribution is -0.384. The third-order valence-corrected chi connectivity index (χ3v) is 7.70. The van der Waals surface area contributed by atoms with Crippen LogP contribution < -0.4 is 5.32 Å². The first kappa shape index (κ1) is 30.6. The summed E-state index contributed by atoms with van der Waals surface area (Å²) in [7, 11) is 0. The van der Waals surface area contributed by atoms with E-state index in [4.69, 9.17) is 23.7 Å². The number of nitro groups is 1. The van der Waals surface area contributed by atoms with E-state index in [9.17, 15) is 14.9 Å². The van der Waals surface area contributed by atoms with Gasteiger partial charge in [-0.25, -0.2) is 4.79 Å². The third-order valence-electron chi connectivity index (χ3n) is 7.70. The molecular formula is C29H45N3O8. The Kier molecular flexibility index (Phi) is 10.8. The number of likely N-dealkylation sites (tertiary alicyclic amines) is 1. The number of hydrogen-bond acceptors (Lipinski definition) is 9. The van der Waals surface area contributed by atoms with E-state index in [1.807, 2.05) is 13.8 Å². The SMILES string of the molecule is CCCCCCCOC[C@@]12O[C@@H](CCCN3CCCC3)[C@@H](OC(=O)Nc3ccc([N+](=O)[O-])cc3)[C@@H]1OC(C)(C)O2. The molecular weight excluding hydrogens is 518 g/mol. The second-order valence-corrected chi connectivity index (χ2v) is 11.5. The number of amides is 1. The average molecular weight is 564 g/mol. The molecule has 3 aliphatic heterocycles. The minimum Gasteiger partial charge on any atom is -0.440 e. The number of non-ortho nitro benzene ring substituents is 1. The van der Waals surface area contributed by atoms with Crippen LogP contribution in [0.2, 0.25) is 0 Å². The fourth-order valence-corrected chi connectivity index (χ4v) is 5.81. The van der Waals surface area contributed by atoms with Gasteiger partial charge in [0.2, 0.25) is 5.79 Å². The molecule has 0 bridgehead atoms. The van der Waals surface area contributed by atoms with E-state index in [1.165, 1.54) is 56.4 Å².